The monoisotopic (exact) mass is 392 g/mol. The molecule has 0 radical (unpaired) electrons. The maximum Gasteiger partial charge on any atom is 0.267 e. The van der Waals surface area contributed by atoms with Gasteiger partial charge in [-0.3, -0.25) is 4.55 Å². The molecule has 0 aromatic carbocycles. The van der Waals surface area contributed by atoms with Gasteiger partial charge in [0, 0.05) is 0 Å². The predicted octanol–water partition coefficient (Wildman–Crippen LogP) is 6.28. The largest absolute Gasteiger partial charge is 0.393 e. The van der Waals surface area contributed by atoms with Gasteiger partial charge in [-0.05, 0) is 25.7 Å². The molecule has 0 aliphatic rings. The van der Waals surface area contributed by atoms with Crippen LogP contribution in [0.1, 0.15) is 123 Å². The third kappa shape index (κ3) is 16.1. The van der Waals surface area contributed by atoms with E-state index in [0.29, 0.717) is 12.8 Å². The summed E-state index contributed by atoms with van der Waals surface area (Å²) < 4.78 is 32.4. The smallest absolute Gasteiger partial charge is 0.267 e. The Morgan fingerprint density at radius 3 is 1.42 bits per heavy atom. The van der Waals surface area contributed by atoms with Crippen LogP contribution < -0.4 is 0 Å². The van der Waals surface area contributed by atoms with Crippen molar-refractivity contribution < 1.29 is 18.1 Å². The molecule has 5 heteroatoms. The Balaban J connectivity index is 3.66. The maximum absolute atomic E-state index is 11.5. The lowest BCUT2D eigenvalue weighted by Crippen LogP contribution is -2.20. The summed E-state index contributed by atoms with van der Waals surface area (Å²) in [6, 6.07) is 0. The molecule has 0 heterocycles. The maximum atomic E-state index is 11.5. The summed E-state index contributed by atoms with van der Waals surface area (Å²) in [7, 11) is -3.90. The number of unbranched alkanes of at least 4 members (excludes halogenated alkanes) is 10. The lowest BCUT2D eigenvalue weighted by atomic mass is 10.0. The quantitative estimate of drug-likeness (QED) is 0.200. The third-order valence-electron chi connectivity index (χ3n) is 5.26. The van der Waals surface area contributed by atoms with E-state index in [9.17, 15) is 18.1 Å². The van der Waals surface area contributed by atoms with Gasteiger partial charge in [0.25, 0.3) is 10.1 Å². The van der Waals surface area contributed by atoms with E-state index in [1.165, 1.54) is 12.8 Å². The highest BCUT2D eigenvalue weighted by atomic mass is 32.2. The van der Waals surface area contributed by atoms with Gasteiger partial charge in [-0.25, -0.2) is 0 Å². The fourth-order valence-electron chi connectivity index (χ4n) is 3.47. The fraction of sp³-hybridized carbons (Fsp3) is 1.00. The second-order valence-corrected chi connectivity index (χ2v) is 9.53. The van der Waals surface area contributed by atoms with E-state index in [0.717, 1.165) is 83.5 Å². The normalized spacial score (nSPS) is 14.5. The average molecular weight is 393 g/mol. The minimum Gasteiger partial charge on any atom is -0.393 e. The van der Waals surface area contributed by atoms with Crippen molar-refractivity contribution in [2.75, 3.05) is 0 Å². The molecule has 0 rings (SSSR count). The molecular formula is C21H44O4S. The first-order valence-corrected chi connectivity index (χ1v) is 12.6. The van der Waals surface area contributed by atoms with Crippen molar-refractivity contribution in [3.63, 3.8) is 0 Å². The van der Waals surface area contributed by atoms with E-state index in [-0.39, 0.29) is 6.10 Å². The topological polar surface area (TPSA) is 74.6 Å². The standard InChI is InChI=1S/C21H44O4S/c1-3-5-7-14-18-21(26(23,24)25)19-15-11-9-8-10-13-17-20(22)16-12-6-4-2/h20-22H,3-19H2,1-2H3,(H,23,24,25). The molecule has 0 fully saturated rings. The molecule has 0 amide bonds. The van der Waals surface area contributed by atoms with Gasteiger partial charge in [0.1, 0.15) is 0 Å². The Morgan fingerprint density at radius 2 is 0.962 bits per heavy atom. The molecule has 0 aromatic heterocycles. The molecule has 0 aliphatic heterocycles. The minimum absolute atomic E-state index is 0.134. The molecule has 0 saturated carbocycles. The van der Waals surface area contributed by atoms with Crippen molar-refractivity contribution >= 4 is 10.1 Å². The van der Waals surface area contributed by atoms with Crippen LogP contribution in [0, 0.1) is 0 Å². The van der Waals surface area contributed by atoms with Crippen LogP contribution in [0.2, 0.25) is 0 Å². The van der Waals surface area contributed by atoms with Crippen LogP contribution in [0.25, 0.3) is 0 Å². The second-order valence-electron chi connectivity index (χ2n) is 7.83. The average Bonchev–Trinajstić information content (AvgIpc) is 2.58. The van der Waals surface area contributed by atoms with Crippen molar-refractivity contribution in [2.24, 2.45) is 0 Å². The molecule has 4 nitrogen and oxygen atoms in total. The van der Waals surface area contributed by atoms with Crippen LogP contribution >= 0.6 is 0 Å². The van der Waals surface area contributed by atoms with Gasteiger partial charge in [-0.1, -0.05) is 97.3 Å². The van der Waals surface area contributed by atoms with Crippen LogP contribution in [0.3, 0.4) is 0 Å². The molecule has 2 unspecified atom stereocenters. The summed E-state index contributed by atoms with van der Waals surface area (Å²) in [6.07, 6.45) is 17.0. The van der Waals surface area contributed by atoms with Gasteiger partial charge in [0.05, 0.1) is 11.4 Å². The summed E-state index contributed by atoms with van der Waals surface area (Å²) in [6.45, 7) is 4.31. The van der Waals surface area contributed by atoms with Gasteiger partial charge in [-0.2, -0.15) is 8.42 Å². The van der Waals surface area contributed by atoms with Crippen LogP contribution in [0.15, 0.2) is 0 Å². The second kappa shape index (κ2) is 17.0. The van der Waals surface area contributed by atoms with Crippen molar-refractivity contribution in [2.45, 2.75) is 134 Å². The van der Waals surface area contributed by atoms with E-state index in [4.69, 9.17) is 0 Å². The van der Waals surface area contributed by atoms with Crippen molar-refractivity contribution in [3.05, 3.63) is 0 Å². The van der Waals surface area contributed by atoms with Gasteiger partial charge in [-0.15, -0.1) is 0 Å². The van der Waals surface area contributed by atoms with Gasteiger partial charge >= 0.3 is 0 Å². The molecule has 0 saturated heterocycles. The van der Waals surface area contributed by atoms with Crippen LogP contribution in [-0.4, -0.2) is 29.4 Å². The molecule has 0 aromatic rings. The van der Waals surface area contributed by atoms with Gasteiger partial charge < -0.3 is 5.11 Å². The number of rotatable bonds is 19. The molecule has 2 atom stereocenters. The fourth-order valence-corrected chi connectivity index (χ4v) is 4.40. The van der Waals surface area contributed by atoms with Gasteiger partial charge in [0.2, 0.25) is 0 Å². The summed E-state index contributed by atoms with van der Waals surface area (Å²) in [4.78, 5) is 0. The highest BCUT2D eigenvalue weighted by molar-refractivity contribution is 7.86. The third-order valence-corrected chi connectivity index (χ3v) is 6.57. The molecular weight excluding hydrogens is 348 g/mol. The molecule has 0 spiro atoms. The molecule has 2 N–H and O–H groups in total. The zero-order valence-electron chi connectivity index (χ0n) is 17.3. The SMILES string of the molecule is CCCCCCC(CCCCCCCCC(O)CCCCC)S(=O)(=O)O. The Labute approximate surface area is 162 Å². The first kappa shape index (κ1) is 25.9. The Bertz CT molecular complexity index is 395. The molecule has 0 bridgehead atoms. The number of hydrogen-bond acceptors (Lipinski definition) is 3. The Morgan fingerprint density at radius 1 is 0.615 bits per heavy atom. The van der Waals surface area contributed by atoms with E-state index in [1.54, 1.807) is 0 Å². The highest BCUT2D eigenvalue weighted by Crippen LogP contribution is 2.19. The first-order valence-electron chi connectivity index (χ1n) is 11.1. The van der Waals surface area contributed by atoms with Crippen molar-refractivity contribution in [1.82, 2.24) is 0 Å². The molecule has 158 valence electrons. The summed E-state index contributed by atoms with van der Waals surface area (Å²) in [5.41, 5.74) is 0. The lowest BCUT2D eigenvalue weighted by molar-refractivity contribution is 0.147. The first-order chi connectivity index (χ1) is 12.4. The zero-order chi connectivity index (χ0) is 19.7. The van der Waals surface area contributed by atoms with Crippen molar-refractivity contribution in [1.29, 1.82) is 0 Å². The van der Waals surface area contributed by atoms with Crippen LogP contribution in [-0.2, 0) is 10.1 Å². The lowest BCUT2D eigenvalue weighted by Gasteiger charge is -2.13. The van der Waals surface area contributed by atoms with Crippen LogP contribution in [0.5, 0.6) is 0 Å². The summed E-state index contributed by atoms with van der Waals surface area (Å²) >= 11 is 0. The van der Waals surface area contributed by atoms with Gasteiger partial charge in [0.15, 0.2) is 0 Å². The molecule has 0 aliphatic carbocycles. The zero-order valence-corrected chi connectivity index (χ0v) is 18.1. The number of aliphatic hydroxyl groups is 1. The van der Waals surface area contributed by atoms with E-state index >= 15 is 0 Å². The van der Waals surface area contributed by atoms with E-state index in [2.05, 4.69) is 13.8 Å². The van der Waals surface area contributed by atoms with Crippen LogP contribution in [0.4, 0.5) is 0 Å². The number of aliphatic hydroxyl groups excluding tert-OH is 1. The summed E-state index contributed by atoms with van der Waals surface area (Å²) in [5.74, 6) is 0. The predicted molar refractivity (Wildman–Crippen MR) is 111 cm³/mol. The van der Waals surface area contributed by atoms with E-state index in [1.807, 2.05) is 0 Å². The Kier molecular flexibility index (Phi) is 16.9. The number of hydrogen-bond donors (Lipinski definition) is 2. The highest BCUT2D eigenvalue weighted by Gasteiger charge is 2.21. The van der Waals surface area contributed by atoms with E-state index < -0.39 is 15.4 Å². The van der Waals surface area contributed by atoms with Crippen molar-refractivity contribution in [3.8, 4) is 0 Å². The molecule has 26 heavy (non-hydrogen) atoms. The Hall–Kier alpha value is -0.130. The summed E-state index contributed by atoms with van der Waals surface area (Å²) in [5, 5.41) is 9.31. The minimum atomic E-state index is -3.90.